The first-order valence-electron chi connectivity index (χ1n) is 5.88. The number of ether oxygens (including phenoxy) is 2. The summed E-state index contributed by atoms with van der Waals surface area (Å²) < 4.78 is 24.4. The van der Waals surface area contributed by atoms with Gasteiger partial charge < -0.3 is 14.8 Å². The SMILES string of the molecule is CCCNC(c1ccc(Cl)cc1F)C(OC)OC. The second kappa shape index (κ2) is 7.69. The lowest BCUT2D eigenvalue weighted by atomic mass is 10.1. The van der Waals surface area contributed by atoms with Gasteiger partial charge in [0.2, 0.25) is 0 Å². The summed E-state index contributed by atoms with van der Waals surface area (Å²) in [6.07, 6.45) is 0.388. The highest BCUT2D eigenvalue weighted by Gasteiger charge is 2.25. The Labute approximate surface area is 112 Å². The zero-order valence-corrected chi connectivity index (χ0v) is 11.6. The van der Waals surface area contributed by atoms with E-state index in [1.54, 1.807) is 12.1 Å². The molecule has 0 fully saturated rings. The van der Waals surface area contributed by atoms with E-state index in [2.05, 4.69) is 5.32 Å². The quantitative estimate of drug-likeness (QED) is 0.776. The molecule has 0 radical (unpaired) electrons. The first-order chi connectivity index (χ1) is 8.63. The summed E-state index contributed by atoms with van der Waals surface area (Å²) in [4.78, 5) is 0. The summed E-state index contributed by atoms with van der Waals surface area (Å²) in [5.41, 5.74) is 0.488. The maximum atomic E-state index is 13.9. The van der Waals surface area contributed by atoms with Gasteiger partial charge in [-0.15, -0.1) is 0 Å². The van der Waals surface area contributed by atoms with Crippen LogP contribution in [0.1, 0.15) is 24.9 Å². The molecule has 0 bridgehead atoms. The van der Waals surface area contributed by atoms with Crippen molar-refractivity contribution in [1.82, 2.24) is 5.32 Å². The van der Waals surface area contributed by atoms with Crippen LogP contribution in [0.3, 0.4) is 0 Å². The number of nitrogens with one attached hydrogen (secondary N) is 1. The number of methoxy groups -OCH3 is 2. The van der Waals surface area contributed by atoms with Gasteiger partial charge in [0.25, 0.3) is 0 Å². The highest BCUT2D eigenvalue weighted by molar-refractivity contribution is 6.30. The lowest BCUT2D eigenvalue weighted by Gasteiger charge is -2.26. The molecule has 1 atom stereocenters. The summed E-state index contributed by atoms with van der Waals surface area (Å²) in [6.45, 7) is 2.78. The number of benzene rings is 1. The van der Waals surface area contributed by atoms with E-state index in [-0.39, 0.29) is 11.9 Å². The van der Waals surface area contributed by atoms with Crippen LogP contribution in [0.4, 0.5) is 4.39 Å². The number of rotatable bonds is 7. The van der Waals surface area contributed by atoms with Gasteiger partial charge in [-0.25, -0.2) is 4.39 Å². The smallest absolute Gasteiger partial charge is 0.176 e. The minimum Gasteiger partial charge on any atom is -0.354 e. The minimum absolute atomic E-state index is 0.364. The normalized spacial score (nSPS) is 13.0. The maximum Gasteiger partial charge on any atom is 0.176 e. The molecule has 0 amide bonds. The molecule has 102 valence electrons. The summed E-state index contributed by atoms with van der Waals surface area (Å²) in [7, 11) is 3.06. The molecule has 0 spiro atoms. The summed E-state index contributed by atoms with van der Waals surface area (Å²) in [6, 6.07) is 4.23. The first kappa shape index (κ1) is 15.4. The van der Waals surface area contributed by atoms with Crippen molar-refractivity contribution in [2.75, 3.05) is 20.8 Å². The zero-order chi connectivity index (χ0) is 13.5. The van der Waals surface area contributed by atoms with Crippen molar-refractivity contribution in [1.29, 1.82) is 0 Å². The fourth-order valence-electron chi connectivity index (χ4n) is 1.77. The van der Waals surface area contributed by atoms with E-state index in [9.17, 15) is 4.39 Å². The largest absolute Gasteiger partial charge is 0.354 e. The molecule has 5 heteroatoms. The van der Waals surface area contributed by atoms with Gasteiger partial charge in [-0.05, 0) is 25.1 Å². The molecule has 0 heterocycles. The van der Waals surface area contributed by atoms with Crippen molar-refractivity contribution in [3.8, 4) is 0 Å². The minimum atomic E-state index is -0.549. The second-order valence-corrected chi connectivity index (χ2v) is 4.37. The number of hydrogen-bond acceptors (Lipinski definition) is 3. The Balaban J connectivity index is 3.00. The third kappa shape index (κ3) is 3.92. The van der Waals surface area contributed by atoms with E-state index in [1.165, 1.54) is 20.3 Å². The van der Waals surface area contributed by atoms with E-state index in [0.717, 1.165) is 13.0 Å². The average molecular weight is 276 g/mol. The van der Waals surface area contributed by atoms with Gasteiger partial charge >= 0.3 is 0 Å². The molecule has 3 nitrogen and oxygen atoms in total. The molecule has 0 aliphatic heterocycles. The predicted molar refractivity (Wildman–Crippen MR) is 70.3 cm³/mol. The Morgan fingerprint density at radius 2 is 2.00 bits per heavy atom. The molecule has 18 heavy (non-hydrogen) atoms. The molecule has 0 saturated heterocycles. The van der Waals surface area contributed by atoms with Crippen molar-refractivity contribution in [3.05, 3.63) is 34.6 Å². The van der Waals surface area contributed by atoms with Crippen LogP contribution in [-0.2, 0) is 9.47 Å². The molecule has 1 aromatic carbocycles. The van der Waals surface area contributed by atoms with Crippen LogP contribution >= 0.6 is 11.6 Å². The molecule has 1 rings (SSSR count). The topological polar surface area (TPSA) is 30.5 Å². The van der Waals surface area contributed by atoms with E-state index < -0.39 is 6.29 Å². The lowest BCUT2D eigenvalue weighted by Crippen LogP contribution is -2.35. The number of hydrogen-bond donors (Lipinski definition) is 1. The Morgan fingerprint density at radius 1 is 1.33 bits per heavy atom. The first-order valence-corrected chi connectivity index (χ1v) is 6.25. The second-order valence-electron chi connectivity index (χ2n) is 3.94. The fraction of sp³-hybridized carbons (Fsp3) is 0.538. The van der Waals surface area contributed by atoms with Crippen LogP contribution in [0.5, 0.6) is 0 Å². The highest BCUT2D eigenvalue weighted by Crippen LogP contribution is 2.25. The predicted octanol–water partition coefficient (Wildman–Crippen LogP) is 3.14. The Morgan fingerprint density at radius 3 is 2.50 bits per heavy atom. The van der Waals surface area contributed by atoms with Gasteiger partial charge in [0.15, 0.2) is 6.29 Å². The van der Waals surface area contributed by atoms with Gasteiger partial charge in [-0.2, -0.15) is 0 Å². The van der Waals surface area contributed by atoms with Crippen LogP contribution in [0, 0.1) is 5.82 Å². The third-order valence-corrected chi connectivity index (χ3v) is 2.88. The van der Waals surface area contributed by atoms with E-state index in [0.29, 0.717) is 10.6 Å². The van der Waals surface area contributed by atoms with Gasteiger partial charge in [-0.3, -0.25) is 0 Å². The van der Waals surface area contributed by atoms with Crippen LogP contribution in [0.2, 0.25) is 5.02 Å². The third-order valence-electron chi connectivity index (χ3n) is 2.65. The van der Waals surface area contributed by atoms with Gasteiger partial charge in [-0.1, -0.05) is 24.6 Å². The van der Waals surface area contributed by atoms with E-state index in [4.69, 9.17) is 21.1 Å². The monoisotopic (exact) mass is 275 g/mol. The van der Waals surface area contributed by atoms with Crippen molar-refractivity contribution in [3.63, 3.8) is 0 Å². The van der Waals surface area contributed by atoms with Crippen molar-refractivity contribution >= 4 is 11.6 Å². The van der Waals surface area contributed by atoms with Crippen LogP contribution in [0.25, 0.3) is 0 Å². The molecular formula is C13H19ClFNO2. The average Bonchev–Trinajstić information content (AvgIpc) is 2.35. The van der Waals surface area contributed by atoms with E-state index in [1.807, 2.05) is 6.92 Å². The van der Waals surface area contributed by atoms with Gasteiger partial charge in [0.1, 0.15) is 5.82 Å². The molecular weight excluding hydrogens is 257 g/mol. The molecule has 1 unspecified atom stereocenters. The van der Waals surface area contributed by atoms with Crippen LogP contribution in [-0.4, -0.2) is 27.1 Å². The van der Waals surface area contributed by atoms with Crippen LogP contribution < -0.4 is 5.32 Å². The molecule has 1 aromatic rings. The fourth-order valence-corrected chi connectivity index (χ4v) is 1.93. The lowest BCUT2D eigenvalue weighted by molar-refractivity contribution is -0.124. The molecule has 0 aromatic heterocycles. The summed E-state index contributed by atoms with van der Waals surface area (Å²) >= 11 is 5.75. The van der Waals surface area contributed by atoms with Crippen LogP contribution in [0.15, 0.2) is 18.2 Å². The molecule has 0 aliphatic carbocycles. The Kier molecular flexibility index (Phi) is 6.57. The van der Waals surface area contributed by atoms with Crippen molar-refractivity contribution < 1.29 is 13.9 Å². The van der Waals surface area contributed by atoms with Gasteiger partial charge in [0, 0.05) is 24.8 Å². The molecule has 0 aliphatic rings. The van der Waals surface area contributed by atoms with Crippen molar-refractivity contribution in [2.45, 2.75) is 25.7 Å². The molecule has 0 saturated carbocycles. The summed E-state index contributed by atoms with van der Waals surface area (Å²) in [5, 5.41) is 3.59. The standard InChI is InChI=1S/C13H19ClFNO2/c1-4-7-16-12(13(17-2)18-3)10-6-5-9(14)8-11(10)15/h5-6,8,12-13,16H,4,7H2,1-3H3. The van der Waals surface area contributed by atoms with E-state index >= 15 is 0 Å². The summed E-state index contributed by atoms with van der Waals surface area (Å²) in [5.74, 6) is -0.366. The zero-order valence-electron chi connectivity index (χ0n) is 10.9. The Hall–Kier alpha value is -0.680. The molecule has 1 N–H and O–H groups in total. The van der Waals surface area contributed by atoms with Crippen molar-refractivity contribution in [2.24, 2.45) is 0 Å². The van der Waals surface area contributed by atoms with Gasteiger partial charge in [0.05, 0.1) is 6.04 Å². The highest BCUT2D eigenvalue weighted by atomic mass is 35.5. The maximum absolute atomic E-state index is 13.9. The number of halogens is 2. The Bertz CT molecular complexity index is 372.